The molecular weight excluding hydrogens is 590 g/mol. The van der Waals surface area contributed by atoms with Gasteiger partial charge in [-0.05, 0) is 103 Å². The predicted molar refractivity (Wildman–Crippen MR) is 157 cm³/mol. The molecule has 3 aliphatic rings. The highest BCUT2D eigenvalue weighted by atomic mass is 79.9. The van der Waals surface area contributed by atoms with Crippen molar-refractivity contribution < 1.29 is 33.6 Å². The Bertz CT molecular complexity index is 1420. The third-order valence-electron chi connectivity index (χ3n) is 8.19. The van der Waals surface area contributed by atoms with Gasteiger partial charge in [0.05, 0.1) is 30.9 Å². The number of esters is 1. The summed E-state index contributed by atoms with van der Waals surface area (Å²) in [4.78, 5) is 27.8. The number of benzene rings is 2. The van der Waals surface area contributed by atoms with Crippen LogP contribution in [0.1, 0.15) is 75.3 Å². The molecule has 218 valence electrons. The normalized spacial score (nSPS) is 21.0. The topological polar surface area (TPSA) is 103 Å². The van der Waals surface area contributed by atoms with Gasteiger partial charge in [0.2, 0.25) is 0 Å². The Morgan fingerprint density at radius 2 is 1.73 bits per heavy atom. The van der Waals surface area contributed by atoms with E-state index >= 15 is 0 Å². The van der Waals surface area contributed by atoms with E-state index in [0.29, 0.717) is 51.4 Å². The first kappa shape index (κ1) is 29.0. The maximum atomic E-state index is 14.0. The molecule has 0 spiro atoms. The molecule has 1 aliphatic heterocycles. The van der Waals surface area contributed by atoms with Gasteiger partial charge in [0, 0.05) is 29.3 Å². The summed E-state index contributed by atoms with van der Waals surface area (Å²) < 4.78 is 23.0. The second kappa shape index (κ2) is 12.2. The SMILES string of the molecule is CCOc1cc([C@@H]2C(C(=O)OC3CCCC3)=C(C)NC3=C2C(=O)C[C@H](c2ccc(OC)c(OC)c2)C3)cc(Br)c1O. The van der Waals surface area contributed by atoms with Crippen LogP contribution in [0.25, 0.3) is 0 Å². The maximum absolute atomic E-state index is 14.0. The Balaban J connectivity index is 1.58. The lowest BCUT2D eigenvalue weighted by Crippen LogP contribution is -2.36. The number of ether oxygens (including phenoxy) is 4. The zero-order valence-electron chi connectivity index (χ0n) is 23.8. The number of phenols is 1. The lowest BCUT2D eigenvalue weighted by Gasteiger charge is -2.37. The summed E-state index contributed by atoms with van der Waals surface area (Å²) in [6.07, 6.45) is 4.48. The van der Waals surface area contributed by atoms with E-state index in [2.05, 4.69) is 21.2 Å². The van der Waals surface area contributed by atoms with Crippen molar-refractivity contribution in [3.8, 4) is 23.0 Å². The number of ketones is 1. The molecule has 5 rings (SSSR count). The van der Waals surface area contributed by atoms with Gasteiger partial charge in [-0.15, -0.1) is 0 Å². The molecule has 2 N–H and O–H groups in total. The summed E-state index contributed by atoms with van der Waals surface area (Å²) in [5.41, 5.74) is 4.03. The predicted octanol–water partition coefficient (Wildman–Crippen LogP) is 6.42. The summed E-state index contributed by atoms with van der Waals surface area (Å²) in [5, 5.41) is 14.0. The molecule has 8 nitrogen and oxygen atoms in total. The van der Waals surface area contributed by atoms with Crippen molar-refractivity contribution in [1.29, 1.82) is 0 Å². The number of hydrogen-bond donors (Lipinski definition) is 2. The molecule has 41 heavy (non-hydrogen) atoms. The largest absolute Gasteiger partial charge is 0.503 e. The fourth-order valence-corrected chi connectivity index (χ4v) is 6.69. The van der Waals surface area contributed by atoms with E-state index in [0.717, 1.165) is 36.9 Å². The molecule has 1 fully saturated rings. The summed E-state index contributed by atoms with van der Waals surface area (Å²) >= 11 is 3.44. The van der Waals surface area contributed by atoms with E-state index in [1.54, 1.807) is 26.4 Å². The zero-order chi connectivity index (χ0) is 29.3. The van der Waals surface area contributed by atoms with E-state index in [1.165, 1.54) is 0 Å². The van der Waals surface area contributed by atoms with Gasteiger partial charge in [0.1, 0.15) is 6.10 Å². The van der Waals surface area contributed by atoms with Crippen molar-refractivity contribution in [2.24, 2.45) is 0 Å². The van der Waals surface area contributed by atoms with Crippen molar-refractivity contribution in [2.45, 2.75) is 70.3 Å². The standard InChI is InChI=1S/C32H36BrNO7/c1-5-40-27-16-20(12-22(33)31(27)36)29-28(32(37)41-21-8-6-7-9-21)17(2)34-23-13-19(14-24(35)30(23)29)18-10-11-25(38-3)26(15-18)39-4/h10-12,15-16,19,21,29,34,36H,5-9,13-14H2,1-4H3/t19-,29-/m1/s1. The number of allylic oxidation sites excluding steroid dienone is 3. The van der Waals surface area contributed by atoms with Crippen LogP contribution < -0.4 is 19.5 Å². The van der Waals surface area contributed by atoms with Crippen LogP contribution in [0, 0.1) is 0 Å². The maximum Gasteiger partial charge on any atom is 0.337 e. The Morgan fingerprint density at radius 1 is 1.02 bits per heavy atom. The number of Topliss-reactive ketones (excluding diaryl/α,β-unsaturated/α-hetero) is 1. The van der Waals surface area contributed by atoms with Gasteiger partial charge in [-0.2, -0.15) is 0 Å². The molecule has 0 unspecified atom stereocenters. The average Bonchev–Trinajstić information content (AvgIpc) is 3.47. The van der Waals surface area contributed by atoms with E-state index < -0.39 is 11.9 Å². The third kappa shape index (κ3) is 5.69. The number of halogens is 1. The van der Waals surface area contributed by atoms with Gasteiger partial charge in [0.25, 0.3) is 0 Å². The van der Waals surface area contributed by atoms with Gasteiger partial charge < -0.3 is 29.4 Å². The Kier molecular flexibility index (Phi) is 8.63. The quantitative estimate of drug-likeness (QED) is 0.324. The lowest BCUT2D eigenvalue weighted by molar-refractivity contribution is -0.144. The fraction of sp³-hybridized carbons (Fsp3) is 0.438. The second-order valence-corrected chi connectivity index (χ2v) is 11.6. The van der Waals surface area contributed by atoms with Crippen LogP contribution in [0.3, 0.4) is 0 Å². The number of rotatable bonds is 8. The minimum atomic E-state index is -0.671. The highest BCUT2D eigenvalue weighted by molar-refractivity contribution is 9.10. The van der Waals surface area contributed by atoms with Crippen LogP contribution >= 0.6 is 15.9 Å². The number of phenolic OH excluding ortho intramolecular Hbond substituents is 1. The second-order valence-electron chi connectivity index (χ2n) is 10.7. The minimum Gasteiger partial charge on any atom is -0.503 e. The first-order chi connectivity index (χ1) is 19.7. The van der Waals surface area contributed by atoms with Gasteiger partial charge in [-0.3, -0.25) is 4.79 Å². The molecule has 2 aromatic rings. The van der Waals surface area contributed by atoms with E-state index in [1.807, 2.05) is 32.0 Å². The van der Waals surface area contributed by atoms with Crippen LogP contribution in [0.4, 0.5) is 0 Å². The molecule has 2 atom stereocenters. The molecule has 0 bridgehead atoms. The molecule has 1 heterocycles. The van der Waals surface area contributed by atoms with Gasteiger partial charge >= 0.3 is 5.97 Å². The fourth-order valence-electron chi connectivity index (χ4n) is 6.23. The Morgan fingerprint density at radius 3 is 2.41 bits per heavy atom. The van der Waals surface area contributed by atoms with E-state index in [9.17, 15) is 14.7 Å². The number of nitrogens with one attached hydrogen (secondary N) is 1. The molecule has 0 aromatic heterocycles. The zero-order valence-corrected chi connectivity index (χ0v) is 25.4. The molecule has 0 radical (unpaired) electrons. The van der Waals surface area contributed by atoms with Gasteiger partial charge in [-0.1, -0.05) is 6.07 Å². The Labute approximate surface area is 248 Å². The summed E-state index contributed by atoms with van der Waals surface area (Å²) in [6, 6.07) is 9.20. The monoisotopic (exact) mass is 625 g/mol. The van der Waals surface area contributed by atoms with Crippen molar-refractivity contribution in [1.82, 2.24) is 5.32 Å². The van der Waals surface area contributed by atoms with E-state index in [-0.39, 0.29) is 35.7 Å². The van der Waals surface area contributed by atoms with Gasteiger partial charge in [-0.25, -0.2) is 4.79 Å². The molecule has 0 saturated heterocycles. The van der Waals surface area contributed by atoms with Crippen LogP contribution in [-0.4, -0.2) is 43.8 Å². The molecular formula is C32H36BrNO7. The first-order valence-corrected chi connectivity index (χ1v) is 14.9. The van der Waals surface area contributed by atoms with Crippen molar-refractivity contribution in [2.75, 3.05) is 20.8 Å². The number of methoxy groups -OCH3 is 2. The highest BCUT2D eigenvalue weighted by Gasteiger charge is 2.42. The van der Waals surface area contributed by atoms with Gasteiger partial charge in [0.15, 0.2) is 28.8 Å². The molecule has 2 aliphatic carbocycles. The average molecular weight is 627 g/mol. The summed E-state index contributed by atoms with van der Waals surface area (Å²) in [6.45, 7) is 4.03. The number of aromatic hydroxyl groups is 1. The highest BCUT2D eigenvalue weighted by Crippen LogP contribution is 2.49. The first-order valence-electron chi connectivity index (χ1n) is 14.1. The number of dihydropyridines is 1. The summed E-state index contributed by atoms with van der Waals surface area (Å²) in [7, 11) is 3.18. The van der Waals surface area contributed by atoms with Crippen molar-refractivity contribution in [3.05, 3.63) is 68.5 Å². The lowest BCUT2D eigenvalue weighted by atomic mass is 9.71. The molecule has 0 amide bonds. The van der Waals surface area contributed by atoms with Crippen LogP contribution in [0.2, 0.25) is 0 Å². The number of carbonyl (C=O) groups excluding carboxylic acids is 2. The number of hydrogen-bond acceptors (Lipinski definition) is 8. The minimum absolute atomic E-state index is 0.0296. The van der Waals surface area contributed by atoms with Crippen LogP contribution in [-0.2, 0) is 14.3 Å². The van der Waals surface area contributed by atoms with Crippen LogP contribution in [0.5, 0.6) is 23.0 Å². The number of carbonyl (C=O) groups is 2. The molecule has 2 aromatic carbocycles. The summed E-state index contributed by atoms with van der Waals surface area (Å²) in [5.74, 6) is 0.260. The smallest absolute Gasteiger partial charge is 0.337 e. The van der Waals surface area contributed by atoms with Crippen molar-refractivity contribution in [3.63, 3.8) is 0 Å². The van der Waals surface area contributed by atoms with Crippen LogP contribution in [0.15, 0.2) is 57.3 Å². The van der Waals surface area contributed by atoms with E-state index in [4.69, 9.17) is 18.9 Å². The van der Waals surface area contributed by atoms with Crippen molar-refractivity contribution >= 4 is 27.7 Å². The Hall–Kier alpha value is -3.46. The third-order valence-corrected chi connectivity index (χ3v) is 8.79. The molecule has 9 heteroatoms. The molecule has 1 saturated carbocycles.